The van der Waals surface area contributed by atoms with Gasteiger partial charge in [-0.05, 0) is 38.5 Å². The quantitative estimate of drug-likeness (QED) is 0.831. The van der Waals surface area contributed by atoms with Crippen molar-refractivity contribution in [1.29, 1.82) is 0 Å². The number of carbonyl (C=O) groups is 2. The molecule has 1 aromatic rings. The Hall–Kier alpha value is -2.32. The van der Waals surface area contributed by atoms with Gasteiger partial charge >= 0.3 is 12.1 Å². The van der Waals surface area contributed by atoms with E-state index in [4.69, 9.17) is 9.47 Å². The molecule has 2 aliphatic rings. The van der Waals surface area contributed by atoms with Gasteiger partial charge in [-0.3, -0.25) is 0 Å². The molecule has 0 spiro atoms. The highest BCUT2D eigenvalue weighted by Gasteiger charge is 2.25. The van der Waals surface area contributed by atoms with Crippen LogP contribution in [0, 0.1) is 6.92 Å². The summed E-state index contributed by atoms with van der Waals surface area (Å²) < 4.78 is 10.8. The molecule has 8 heteroatoms. The van der Waals surface area contributed by atoms with Crippen molar-refractivity contribution >= 4 is 23.4 Å². The molecule has 8 nitrogen and oxygen atoms in total. The number of nitrogens with one attached hydrogen (secondary N) is 2. The van der Waals surface area contributed by atoms with E-state index in [1.807, 2.05) is 32.9 Å². The van der Waals surface area contributed by atoms with Crippen molar-refractivity contribution < 1.29 is 19.1 Å². The zero-order chi connectivity index (χ0) is 19.4. The molecule has 0 bridgehead atoms. The van der Waals surface area contributed by atoms with Crippen LogP contribution in [0.1, 0.15) is 19.4 Å². The van der Waals surface area contributed by atoms with Crippen LogP contribution in [0.3, 0.4) is 0 Å². The number of rotatable bonds is 2. The molecule has 148 valence electrons. The van der Waals surface area contributed by atoms with Crippen LogP contribution in [0.25, 0.3) is 0 Å². The molecule has 0 saturated carbocycles. The van der Waals surface area contributed by atoms with Crippen molar-refractivity contribution in [2.24, 2.45) is 0 Å². The SMILES string of the molecule is Cc1ccc(NC(=O)N2CCOC[C@H]2C)cc1NC(=O)N1CCOC[C@H]1C. The average Bonchev–Trinajstić information content (AvgIpc) is 2.65. The second-order valence-corrected chi connectivity index (χ2v) is 7.12. The number of anilines is 2. The van der Waals surface area contributed by atoms with Gasteiger partial charge in [0.25, 0.3) is 0 Å². The van der Waals surface area contributed by atoms with Gasteiger partial charge in [0.2, 0.25) is 0 Å². The van der Waals surface area contributed by atoms with Crippen LogP contribution >= 0.6 is 0 Å². The fourth-order valence-corrected chi connectivity index (χ4v) is 3.27. The first-order valence-electron chi connectivity index (χ1n) is 9.37. The lowest BCUT2D eigenvalue weighted by Gasteiger charge is -2.33. The lowest BCUT2D eigenvalue weighted by molar-refractivity contribution is 0.0221. The fourth-order valence-electron chi connectivity index (χ4n) is 3.27. The van der Waals surface area contributed by atoms with Gasteiger partial charge in [-0.25, -0.2) is 9.59 Å². The molecule has 2 N–H and O–H groups in total. The number of aryl methyl sites for hydroxylation is 1. The number of carbonyl (C=O) groups excluding carboxylic acids is 2. The molecule has 2 aliphatic heterocycles. The number of hydrogen-bond donors (Lipinski definition) is 2. The highest BCUT2D eigenvalue weighted by molar-refractivity contribution is 5.93. The molecule has 2 heterocycles. The number of benzene rings is 1. The molecule has 3 rings (SSSR count). The minimum absolute atomic E-state index is 0.0322. The van der Waals surface area contributed by atoms with Crippen LogP contribution in [-0.2, 0) is 9.47 Å². The Morgan fingerprint density at radius 1 is 0.963 bits per heavy atom. The summed E-state index contributed by atoms with van der Waals surface area (Å²) in [7, 11) is 0. The maximum absolute atomic E-state index is 12.6. The normalized spacial score (nSPS) is 23.1. The summed E-state index contributed by atoms with van der Waals surface area (Å²) in [5, 5.41) is 5.88. The largest absolute Gasteiger partial charge is 0.377 e. The molecule has 1 aromatic carbocycles. The van der Waals surface area contributed by atoms with E-state index in [-0.39, 0.29) is 24.1 Å². The first-order valence-corrected chi connectivity index (χ1v) is 9.37. The molecule has 2 saturated heterocycles. The van der Waals surface area contributed by atoms with Gasteiger partial charge in [-0.2, -0.15) is 0 Å². The van der Waals surface area contributed by atoms with Crippen molar-refractivity contribution in [2.75, 3.05) is 50.2 Å². The Labute approximate surface area is 159 Å². The predicted molar refractivity (Wildman–Crippen MR) is 103 cm³/mol. The van der Waals surface area contributed by atoms with Crippen molar-refractivity contribution in [1.82, 2.24) is 9.80 Å². The molecule has 4 amide bonds. The summed E-state index contributed by atoms with van der Waals surface area (Å²) in [4.78, 5) is 28.7. The average molecular weight is 376 g/mol. The van der Waals surface area contributed by atoms with Gasteiger partial charge in [0.05, 0.1) is 38.5 Å². The summed E-state index contributed by atoms with van der Waals surface area (Å²) in [6, 6.07) is 5.27. The smallest absolute Gasteiger partial charge is 0.322 e. The summed E-state index contributed by atoms with van der Waals surface area (Å²) >= 11 is 0. The van der Waals surface area contributed by atoms with E-state index in [1.165, 1.54) is 0 Å². The summed E-state index contributed by atoms with van der Waals surface area (Å²) in [5.41, 5.74) is 2.27. The number of hydrogen-bond acceptors (Lipinski definition) is 4. The van der Waals surface area contributed by atoms with E-state index < -0.39 is 0 Å². The Morgan fingerprint density at radius 2 is 1.52 bits per heavy atom. The minimum atomic E-state index is -0.159. The Balaban J connectivity index is 1.66. The monoisotopic (exact) mass is 376 g/mol. The first-order chi connectivity index (χ1) is 13.0. The van der Waals surface area contributed by atoms with Crippen LogP contribution in [0.4, 0.5) is 21.0 Å². The molecule has 0 unspecified atom stereocenters. The standard InChI is InChI=1S/C19H28N4O4/c1-13-4-5-16(20-18(24)22-6-8-26-11-14(22)2)10-17(13)21-19(25)23-7-9-27-12-15(23)3/h4-5,10,14-15H,6-9,11-12H2,1-3H3,(H,20,24)(H,21,25)/t14-,15-/m1/s1. The highest BCUT2D eigenvalue weighted by atomic mass is 16.5. The van der Waals surface area contributed by atoms with Crippen molar-refractivity contribution in [3.8, 4) is 0 Å². The lowest BCUT2D eigenvalue weighted by Crippen LogP contribution is -2.49. The van der Waals surface area contributed by atoms with Gasteiger partial charge < -0.3 is 29.9 Å². The van der Waals surface area contributed by atoms with Gasteiger partial charge in [0.1, 0.15) is 0 Å². The maximum atomic E-state index is 12.6. The molecule has 0 aromatic heterocycles. The molecule has 2 atom stereocenters. The topological polar surface area (TPSA) is 83.1 Å². The number of nitrogens with zero attached hydrogens (tertiary/aromatic N) is 2. The van der Waals surface area contributed by atoms with Crippen molar-refractivity contribution in [2.45, 2.75) is 32.9 Å². The van der Waals surface area contributed by atoms with Gasteiger partial charge in [0, 0.05) is 24.5 Å². The van der Waals surface area contributed by atoms with Crippen LogP contribution in [0.5, 0.6) is 0 Å². The maximum Gasteiger partial charge on any atom is 0.322 e. The fraction of sp³-hybridized carbons (Fsp3) is 0.579. The first kappa shape index (κ1) is 19.4. The molecule has 0 aliphatic carbocycles. The molecular weight excluding hydrogens is 348 g/mol. The van der Waals surface area contributed by atoms with E-state index in [2.05, 4.69) is 10.6 Å². The highest BCUT2D eigenvalue weighted by Crippen LogP contribution is 2.22. The summed E-state index contributed by atoms with van der Waals surface area (Å²) in [6.07, 6.45) is 0. The van der Waals surface area contributed by atoms with Gasteiger partial charge in [-0.1, -0.05) is 6.07 Å². The lowest BCUT2D eigenvalue weighted by atomic mass is 10.1. The molecule has 2 fully saturated rings. The number of morpholine rings is 2. The summed E-state index contributed by atoms with van der Waals surface area (Å²) in [6.45, 7) is 9.16. The number of amides is 4. The van der Waals surface area contributed by atoms with E-state index in [1.54, 1.807) is 15.9 Å². The van der Waals surface area contributed by atoms with Crippen molar-refractivity contribution in [3.05, 3.63) is 23.8 Å². The van der Waals surface area contributed by atoms with Crippen LogP contribution in [0.2, 0.25) is 0 Å². The van der Waals surface area contributed by atoms with Crippen LogP contribution < -0.4 is 10.6 Å². The third-order valence-electron chi connectivity index (χ3n) is 4.99. The Morgan fingerprint density at radius 3 is 2.07 bits per heavy atom. The third kappa shape index (κ3) is 4.70. The zero-order valence-corrected chi connectivity index (χ0v) is 16.2. The minimum Gasteiger partial charge on any atom is -0.377 e. The van der Waals surface area contributed by atoms with E-state index in [0.29, 0.717) is 50.9 Å². The van der Waals surface area contributed by atoms with Crippen molar-refractivity contribution in [3.63, 3.8) is 0 Å². The Kier molecular flexibility index (Phi) is 6.18. The number of urea groups is 2. The summed E-state index contributed by atoms with van der Waals surface area (Å²) in [5.74, 6) is 0. The van der Waals surface area contributed by atoms with Crippen LogP contribution in [-0.4, -0.2) is 73.5 Å². The second kappa shape index (κ2) is 8.58. The number of ether oxygens (including phenoxy) is 2. The van der Waals surface area contributed by atoms with Crippen LogP contribution in [0.15, 0.2) is 18.2 Å². The van der Waals surface area contributed by atoms with Gasteiger partial charge in [0.15, 0.2) is 0 Å². The predicted octanol–water partition coefficient (Wildman–Crippen LogP) is 2.50. The van der Waals surface area contributed by atoms with E-state index in [9.17, 15) is 9.59 Å². The molecule has 0 radical (unpaired) electrons. The Bertz CT molecular complexity index is 696. The van der Waals surface area contributed by atoms with E-state index >= 15 is 0 Å². The third-order valence-corrected chi connectivity index (χ3v) is 4.99. The van der Waals surface area contributed by atoms with E-state index in [0.717, 1.165) is 5.56 Å². The van der Waals surface area contributed by atoms with Gasteiger partial charge in [-0.15, -0.1) is 0 Å². The zero-order valence-electron chi connectivity index (χ0n) is 16.2. The molecule has 27 heavy (non-hydrogen) atoms. The molecular formula is C19H28N4O4. The second-order valence-electron chi connectivity index (χ2n) is 7.12.